The first kappa shape index (κ1) is 16.0. The molecule has 3 rings (SSSR count). The summed E-state index contributed by atoms with van der Waals surface area (Å²) in [5, 5.41) is 3.09. The number of nitrogens with zero attached hydrogens (tertiary/aromatic N) is 3. The van der Waals surface area contributed by atoms with E-state index in [0.29, 0.717) is 28.8 Å². The summed E-state index contributed by atoms with van der Waals surface area (Å²) in [6.07, 6.45) is 3.66. The Morgan fingerprint density at radius 2 is 1.96 bits per heavy atom. The number of benzene rings is 1. The molecular weight excluding hydrogens is 308 g/mol. The summed E-state index contributed by atoms with van der Waals surface area (Å²) in [7, 11) is 3.18. The van der Waals surface area contributed by atoms with Crippen molar-refractivity contribution in [2.75, 3.05) is 32.6 Å². The average Bonchev–Trinajstić information content (AvgIpc) is 3.16. The molecule has 1 saturated heterocycles. The number of carbonyl (C=O) groups is 1. The maximum atomic E-state index is 12.4. The van der Waals surface area contributed by atoms with Gasteiger partial charge in [0.05, 0.1) is 19.9 Å². The first-order chi connectivity index (χ1) is 11.7. The number of rotatable bonds is 5. The van der Waals surface area contributed by atoms with E-state index in [1.807, 2.05) is 4.90 Å². The first-order valence-corrected chi connectivity index (χ1v) is 7.82. The number of likely N-dealkylation sites (tertiary alicyclic amines) is 1. The smallest absolute Gasteiger partial charge is 0.272 e. The summed E-state index contributed by atoms with van der Waals surface area (Å²) in [5.74, 6) is 1.60. The van der Waals surface area contributed by atoms with Crippen LogP contribution in [0.4, 0.5) is 11.6 Å². The van der Waals surface area contributed by atoms with Crippen molar-refractivity contribution < 1.29 is 14.3 Å². The third-order valence-corrected chi connectivity index (χ3v) is 3.92. The predicted octanol–water partition coefficient (Wildman–Crippen LogP) is 2.47. The third kappa shape index (κ3) is 3.40. The van der Waals surface area contributed by atoms with E-state index < -0.39 is 0 Å². The van der Waals surface area contributed by atoms with Crippen molar-refractivity contribution in [1.82, 2.24) is 14.9 Å². The second-order valence-electron chi connectivity index (χ2n) is 5.46. The number of amides is 1. The van der Waals surface area contributed by atoms with E-state index in [4.69, 9.17) is 9.47 Å². The van der Waals surface area contributed by atoms with Gasteiger partial charge in [-0.3, -0.25) is 4.79 Å². The number of anilines is 2. The van der Waals surface area contributed by atoms with Crippen LogP contribution in [0.2, 0.25) is 0 Å². The van der Waals surface area contributed by atoms with Crippen LogP contribution in [-0.2, 0) is 0 Å². The summed E-state index contributed by atoms with van der Waals surface area (Å²) in [6, 6.07) is 7.02. The van der Waals surface area contributed by atoms with Gasteiger partial charge >= 0.3 is 0 Å². The molecule has 0 spiro atoms. The van der Waals surface area contributed by atoms with Crippen LogP contribution in [0.25, 0.3) is 0 Å². The van der Waals surface area contributed by atoms with Gasteiger partial charge in [0.2, 0.25) is 5.95 Å². The molecule has 1 aromatic heterocycles. The number of hydrogen-bond acceptors (Lipinski definition) is 6. The van der Waals surface area contributed by atoms with E-state index in [0.717, 1.165) is 25.9 Å². The highest BCUT2D eigenvalue weighted by atomic mass is 16.5. The van der Waals surface area contributed by atoms with Gasteiger partial charge in [0.25, 0.3) is 5.91 Å². The molecule has 1 fully saturated rings. The zero-order valence-electron chi connectivity index (χ0n) is 13.8. The van der Waals surface area contributed by atoms with Gasteiger partial charge in [0.1, 0.15) is 17.2 Å². The minimum atomic E-state index is -0.0597. The van der Waals surface area contributed by atoms with Gasteiger partial charge < -0.3 is 19.7 Å². The lowest BCUT2D eigenvalue weighted by Crippen LogP contribution is -2.28. The van der Waals surface area contributed by atoms with Crippen molar-refractivity contribution in [1.29, 1.82) is 0 Å². The van der Waals surface area contributed by atoms with Crippen molar-refractivity contribution in [3.63, 3.8) is 0 Å². The van der Waals surface area contributed by atoms with Gasteiger partial charge in [-0.1, -0.05) is 0 Å². The number of carbonyl (C=O) groups excluding carboxylic acids is 1. The highest BCUT2D eigenvalue weighted by Crippen LogP contribution is 2.30. The Morgan fingerprint density at radius 1 is 1.17 bits per heavy atom. The quantitative estimate of drug-likeness (QED) is 0.908. The summed E-state index contributed by atoms with van der Waals surface area (Å²) >= 11 is 0. The van der Waals surface area contributed by atoms with Gasteiger partial charge in [-0.25, -0.2) is 9.97 Å². The largest absolute Gasteiger partial charge is 0.497 e. The third-order valence-electron chi connectivity index (χ3n) is 3.92. The molecule has 2 heterocycles. The van der Waals surface area contributed by atoms with Crippen LogP contribution in [0.5, 0.6) is 11.5 Å². The molecule has 1 N–H and O–H groups in total. The fourth-order valence-corrected chi connectivity index (χ4v) is 2.65. The van der Waals surface area contributed by atoms with Crippen LogP contribution in [0.3, 0.4) is 0 Å². The molecule has 0 unspecified atom stereocenters. The van der Waals surface area contributed by atoms with Gasteiger partial charge in [0, 0.05) is 25.4 Å². The summed E-state index contributed by atoms with van der Waals surface area (Å²) < 4.78 is 10.6. The van der Waals surface area contributed by atoms with Crippen LogP contribution in [0.15, 0.2) is 30.5 Å². The van der Waals surface area contributed by atoms with Crippen molar-refractivity contribution in [3.05, 3.63) is 36.2 Å². The van der Waals surface area contributed by atoms with Crippen molar-refractivity contribution in [3.8, 4) is 11.5 Å². The van der Waals surface area contributed by atoms with Gasteiger partial charge in [-0.05, 0) is 31.0 Å². The summed E-state index contributed by atoms with van der Waals surface area (Å²) in [4.78, 5) is 22.8. The Balaban J connectivity index is 1.83. The standard InChI is InChI=1S/C17H20N4O3/c1-23-12-5-6-15(24-2)14(11-12)20-17-18-8-7-13(19-17)16(22)21-9-3-4-10-21/h5-8,11H,3-4,9-10H2,1-2H3,(H,18,19,20). The summed E-state index contributed by atoms with van der Waals surface area (Å²) in [6.45, 7) is 1.57. The van der Waals surface area contributed by atoms with Crippen LogP contribution >= 0.6 is 0 Å². The molecule has 0 aliphatic carbocycles. The van der Waals surface area contributed by atoms with Crippen LogP contribution in [0.1, 0.15) is 23.3 Å². The molecule has 1 aromatic carbocycles. The molecule has 1 amide bonds. The molecular formula is C17H20N4O3. The fourth-order valence-electron chi connectivity index (χ4n) is 2.65. The van der Waals surface area contributed by atoms with Crippen LogP contribution in [0, 0.1) is 0 Å². The molecule has 1 aliphatic rings. The molecule has 126 valence electrons. The predicted molar refractivity (Wildman–Crippen MR) is 90.0 cm³/mol. The number of hydrogen-bond donors (Lipinski definition) is 1. The minimum Gasteiger partial charge on any atom is -0.497 e. The zero-order chi connectivity index (χ0) is 16.9. The van der Waals surface area contributed by atoms with Crippen molar-refractivity contribution in [2.45, 2.75) is 12.8 Å². The Bertz CT molecular complexity index is 730. The van der Waals surface area contributed by atoms with Gasteiger partial charge in [-0.15, -0.1) is 0 Å². The lowest BCUT2D eigenvalue weighted by Gasteiger charge is -2.15. The van der Waals surface area contributed by atoms with Gasteiger partial charge in [0.15, 0.2) is 0 Å². The summed E-state index contributed by atoms with van der Waals surface area (Å²) in [5.41, 5.74) is 1.05. The highest BCUT2D eigenvalue weighted by molar-refractivity contribution is 5.92. The average molecular weight is 328 g/mol. The van der Waals surface area contributed by atoms with Crippen LogP contribution < -0.4 is 14.8 Å². The second-order valence-corrected chi connectivity index (χ2v) is 5.46. The zero-order valence-corrected chi connectivity index (χ0v) is 13.8. The molecule has 0 radical (unpaired) electrons. The number of nitrogens with one attached hydrogen (secondary N) is 1. The van der Waals surface area contributed by atoms with E-state index in [1.54, 1.807) is 44.7 Å². The van der Waals surface area contributed by atoms with Crippen molar-refractivity contribution >= 4 is 17.5 Å². The second kappa shape index (κ2) is 7.16. The molecule has 0 atom stereocenters. The van der Waals surface area contributed by atoms with E-state index in [2.05, 4.69) is 15.3 Å². The topological polar surface area (TPSA) is 76.6 Å². The maximum absolute atomic E-state index is 12.4. The molecule has 0 saturated carbocycles. The Kier molecular flexibility index (Phi) is 4.79. The van der Waals surface area contributed by atoms with E-state index in [1.165, 1.54) is 0 Å². The molecule has 1 aliphatic heterocycles. The fraction of sp³-hybridized carbons (Fsp3) is 0.353. The van der Waals surface area contributed by atoms with E-state index in [9.17, 15) is 4.79 Å². The lowest BCUT2D eigenvalue weighted by molar-refractivity contribution is 0.0787. The highest BCUT2D eigenvalue weighted by Gasteiger charge is 2.21. The minimum absolute atomic E-state index is 0.0597. The molecule has 0 bridgehead atoms. The van der Waals surface area contributed by atoms with Crippen LogP contribution in [-0.4, -0.2) is 48.1 Å². The Morgan fingerprint density at radius 3 is 2.67 bits per heavy atom. The first-order valence-electron chi connectivity index (χ1n) is 7.82. The maximum Gasteiger partial charge on any atom is 0.272 e. The van der Waals surface area contributed by atoms with Gasteiger partial charge in [-0.2, -0.15) is 0 Å². The molecule has 24 heavy (non-hydrogen) atoms. The number of methoxy groups -OCH3 is 2. The molecule has 2 aromatic rings. The van der Waals surface area contributed by atoms with E-state index in [-0.39, 0.29) is 5.91 Å². The van der Waals surface area contributed by atoms with E-state index >= 15 is 0 Å². The monoisotopic (exact) mass is 328 g/mol. The SMILES string of the molecule is COc1ccc(OC)c(Nc2nccc(C(=O)N3CCCC3)n2)c1. The number of aromatic nitrogens is 2. The lowest BCUT2D eigenvalue weighted by atomic mass is 10.2. The Hall–Kier alpha value is -2.83. The molecule has 7 heteroatoms. The Labute approximate surface area is 140 Å². The molecule has 7 nitrogen and oxygen atoms in total. The van der Waals surface area contributed by atoms with Crippen molar-refractivity contribution in [2.24, 2.45) is 0 Å². The normalized spacial score (nSPS) is 13.7. The number of ether oxygens (including phenoxy) is 2.